The van der Waals surface area contributed by atoms with Gasteiger partial charge in [0.2, 0.25) is 15.9 Å². The Morgan fingerprint density at radius 3 is 2.25 bits per heavy atom. The highest BCUT2D eigenvalue weighted by Gasteiger charge is 2.31. The summed E-state index contributed by atoms with van der Waals surface area (Å²) in [6, 6.07) is 0.423. The Morgan fingerprint density at radius 2 is 1.75 bits per heavy atom. The average molecular weight is 356 g/mol. The number of nitrogens with zero attached hydrogens (tertiary/aromatic N) is 4. The number of likely N-dealkylation sites (tertiary alicyclic amines) is 1. The van der Waals surface area contributed by atoms with Gasteiger partial charge in [-0.1, -0.05) is 0 Å². The molecule has 1 amide bonds. The zero-order chi connectivity index (χ0) is 18.2. The Bertz CT molecular complexity index is 714. The largest absolute Gasteiger partial charge is 0.336 e. The zero-order valence-corrected chi connectivity index (χ0v) is 16.2. The molecule has 7 nitrogen and oxygen atoms in total. The molecule has 2 rings (SSSR count). The fourth-order valence-electron chi connectivity index (χ4n) is 3.51. The fraction of sp³-hybridized carbons (Fsp3) is 0.750. The second-order valence-corrected chi connectivity index (χ2v) is 8.96. The first-order valence-corrected chi connectivity index (χ1v) is 9.79. The molecule has 1 fully saturated rings. The molecule has 0 aliphatic carbocycles. The molecule has 2 heterocycles. The molecule has 136 valence electrons. The van der Waals surface area contributed by atoms with E-state index in [1.54, 1.807) is 13.8 Å². The standard InChI is InChI=1S/C16H28N4O3S/c1-11-8-7-9-12(2)20(11)15(21)10-19-14(4)16(13(3)17-19)24(22,23)18(5)6/h11-12H,7-10H2,1-6H3/t11-,12-/m1/s1. The van der Waals surface area contributed by atoms with Crippen LogP contribution in [0, 0.1) is 13.8 Å². The van der Waals surface area contributed by atoms with Gasteiger partial charge in [0.25, 0.3) is 0 Å². The van der Waals surface area contributed by atoms with Crippen molar-refractivity contribution in [3.8, 4) is 0 Å². The van der Waals surface area contributed by atoms with Crippen molar-refractivity contribution in [3.05, 3.63) is 11.4 Å². The lowest BCUT2D eigenvalue weighted by Crippen LogP contribution is -2.48. The Balaban J connectivity index is 2.30. The smallest absolute Gasteiger partial charge is 0.246 e. The van der Waals surface area contributed by atoms with Crippen LogP contribution in [0.5, 0.6) is 0 Å². The summed E-state index contributed by atoms with van der Waals surface area (Å²) in [4.78, 5) is 14.9. The second-order valence-electron chi connectivity index (χ2n) is 6.87. The predicted octanol–water partition coefficient (Wildman–Crippen LogP) is 1.54. The highest BCUT2D eigenvalue weighted by molar-refractivity contribution is 7.89. The van der Waals surface area contributed by atoms with Gasteiger partial charge in [-0.25, -0.2) is 12.7 Å². The maximum atomic E-state index is 12.7. The summed E-state index contributed by atoms with van der Waals surface area (Å²) in [5, 5.41) is 4.31. The molecule has 1 aromatic heterocycles. The lowest BCUT2D eigenvalue weighted by atomic mass is 9.97. The van der Waals surface area contributed by atoms with E-state index in [4.69, 9.17) is 0 Å². The van der Waals surface area contributed by atoms with E-state index >= 15 is 0 Å². The second kappa shape index (κ2) is 6.84. The number of piperidine rings is 1. The summed E-state index contributed by atoms with van der Waals surface area (Å²) < 4.78 is 27.6. The van der Waals surface area contributed by atoms with Gasteiger partial charge in [0.15, 0.2) is 0 Å². The van der Waals surface area contributed by atoms with Gasteiger partial charge in [-0.3, -0.25) is 9.48 Å². The Morgan fingerprint density at radius 1 is 1.21 bits per heavy atom. The van der Waals surface area contributed by atoms with Crippen molar-refractivity contribution in [2.45, 2.75) is 70.5 Å². The normalized spacial score (nSPS) is 22.2. The first-order valence-electron chi connectivity index (χ1n) is 8.35. The minimum Gasteiger partial charge on any atom is -0.336 e. The van der Waals surface area contributed by atoms with E-state index in [2.05, 4.69) is 18.9 Å². The Hall–Kier alpha value is -1.41. The number of sulfonamides is 1. The number of hydrogen-bond acceptors (Lipinski definition) is 4. The maximum Gasteiger partial charge on any atom is 0.246 e. The first kappa shape index (κ1) is 18.9. The average Bonchev–Trinajstić information content (AvgIpc) is 2.73. The fourth-order valence-corrected chi connectivity index (χ4v) is 4.77. The van der Waals surface area contributed by atoms with Crippen LogP contribution in [0.3, 0.4) is 0 Å². The summed E-state index contributed by atoms with van der Waals surface area (Å²) in [5.41, 5.74) is 0.931. The molecule has 0 bridgehead atoms. The SMILES string of the molecule is Cc1nn(CC(=O)N2[C@H](C)CCC[C@H]2C)c(C)c1S(=O)(=O)N(C)C. The number of carbonyl (C=O) groups excluding carboxylic acids is 1. The van der Waals surface area contributed by atoms with Gasteiger partial charge < -0.3 is 4.90 Å². The molecule has 0 N–H and O–H groups in total. The van der Waals surface area contributed by atoms with Gasteiger partial charge in [-0.2, -0.15) is 5.10 Å². The van der Waals surface area contributed by atoms with E-state index < -0.39 is 10.0 Å². The molecule has 1 aliphatic heterocycles. The van der Waals surface area contributed by atoms with E-state index in [9.17, 15) is 13.2 Å². The van der Waals surface area contributed by atoms with Crippen LogP contribution in [0.15, 0.2) is 4.90 Å². The highest BCUT2D eigenvalue weighted by atomic mass is 32.2. The van der Waals surface area contributed by atoms with Crippen molar-refractivity contribution in [2.24, 2.45) is 0 Å². The van der Waals surface area contributed by atoms with E-state index in [1.807, 2.05) is 4.90 Å². The number of aromatic nitrogens is 2. The molecular formula is C16H28N4O3S. The molecule has 1 aliphatic rings. The molecule has 1 saturated heterocycles. The molecule has 2 atom stereocenters. The number of amides is 1. The van der Waals surface area contributed by atoms with E-state index in [0.717, 1.165) is 19.3 Å². The van der Waals surface area contributed by atoms with E-state index in [-0.39, 0.29) is 29.4 Å². The van der Waals surface area contributed by atoms with E-state index in [0.29, 0.717) is 11.4 Å². The van der Waals surface area contributed by atoms with Gasteiger partial charge in [0, 0.05) is 26.2 Å². The molecular weight excluding hydrogens is 328 g/mol. The Labute approximate surface area is 144 Å². The third kappa shape index (κ3) is 3.35. The van der Waals surface area contributed by atoms with Crippen LogP contribution in [-0.4, -0.2) is 59.5 Å². The van der Waals surface area contributed by atoms with Crippen molar-refractivity contribution in [2.75, 3.05) is 14.1 Å². The summed E-state index contributed by atoms with van der Waals surface area (Å²) in [7, 11) is -0.587. The molecule has 1 aromatic rings. The van der Waals surface area contributed by atoms with Gasteiger partial charge >= 0.3 is 0 Å². The third-order valence-corrected chi connectivity index (χ3v) is 6.89. The maximum absolute atomic E-state index is 12.7. The highest BCUT2D eigenvalue weighted by Crippen LogP contribution is 2.25. The summed E-state index contributed by atoms with van der Waals surface area (Å²) >= 11 is 0. The van der Waals surface area contributed by atoms with Crippen molar-refractivity contribution in [1.29, 1.82) is 0 Å². The minimum atomic E-state index is -3.57. The van der Waals surface area contributed by atoms with Crippen LogP contribution < -0.4 is 0 Å². The van der Waals surface area contributed by atoms with Crippen LogP contribution in [0.25, 0.3) is 0 Å². The monoisotopic (exact) mass is 356 g/mol. The minimum absolute atomic E-state index is 0.00546. The number of rotatable bonds is 4. The van der Waals surface area contributed by atoms with Crippen LogP contribution in [0.1, 0.15) is 44.5 Å². The number of hydrogen-bond donors (Lipinski definition) is 0. The molecule has 0 saturated carbocycles. The number of aryl methyl sites for hydroxylation is 1. The first-order chi connectivity index (χ1) is 11.1. The molecule has 0 radical (unpaired) electrons. The summed E-state index contributed by atoms with van der Waals surface area (Å²) in [6.07, 6.45) is 3.15. The zero-order valence-electron chi connectivity index (χ0n) is 15.4. The molecule has 0 unspecified atom stereocenters. The lowest BCUT2D eigenvalue weighted by molar-refractivity contribution is -0.138. The van der Waals surface area contributed by atoms with Crippen LogP contribution >= 0.6 is 0 Å². The molecule has 8 heteroatoms. The molecule has 0 spiro atoms. The van der Waals surface area contributed by atoms with Crippen molar-refractivity contribution < 1.29 is 13.2 Å². The van der Waals surface area contributed by atoms with Gasteiger partial charge in [0.1, 0.15) is 11.4 Å². The molecule has 0 aromatic carbocycles. The van der Waals surface area contributed by atoms with E-state index in [1.165, 1.54) is 23.1 Å². The molecule has 24 heavy (non-hydrogen) atoms. The van der Waals surface area contributed by atoms with Crippen molar-refractivity contribution >= 4 is 15.9 Å². The quantitative estimate of drug-likeness (QED) is 0.820. The summed E-state index contributed by atoms with van der Waals surface area (Å²) in [6.45, 7) is 7.57. The van der Waals surface area contributed by atoms with Crippen LogP contribution in [-0.2, 0) is 21.4 Å². The predicted molar refractivity (Wildman–Crippen MR) is 92.2 cm³/mol. The lowest BCUT2D eigenvalue weighted by Gasteiger charge is -2.39. The van der Waals surface area contributed by atoms with Gasteiger partial charge in [-0.15, -0.1) is 0 Å². The Kier molecular flexibility index (Phi) is 5.39. The van der Waals surface area contributed by atoms with Crippen molar-refractivity contribution in [1.82, 2.24) is 19.0 Å². The van der Waals surface area contributed by atoms with Crippen molar-refractivity contribution in [3.63, 3.8) is 0 Å². The number of carbonyl (C=O) groups is 1. The van der Waals surface area contributed by atoms with Crippen LogP contribution in [0.2, 0.25) is 0 Å². The van der Waals surface area contributed by atoms with Crippen LogP contribution in [0.4, 0.5) is 0 Å². The third-order valence-electron chi connectivity index (χ3n) is 4.82. The topological polar surface area (TPSA) is 75.5 Å². The van der Waals surface area contributed by atoms with Gasteiger partial charge in [-0.05, 0) is 47.0 Å². The summed E-state index contributed by atoms with van der Waals surface area (Å²) in [5.74, 6) is -0.00546. The van der Waals surface area contributed by atoms with Gasteiger partial charge in [0.05, 0.1) is 11.4 Å².